The molecule has 0 saturated carbocycles. The summed E-state index contributed by atoms with van der Waals surface area (Å²) in [6.45, 7) is 0. The molecule has 0 spiro atoms. The fourth-order valence-electron chi connectivity index (χ4n) is 1.37. The molecule has 1 N–H and O–H groups in total. The van der Waals surface area contributed by atoms with Crippen molar-refractivity contribution in [1.29, 1.82) is 0 Å². The first-order chi connectivity index (χ1) is 6.84. The average molecular weight is 251 g/mol. The standard InChI is InChI=1S/C11H11BrN2/c12-10-8-13-11(14-10)7-6-9-4-2-1-3-5-9/h1-5,8H,6-7H2,(H,13,14). The van der Waals surface area contributed by atoms with Gasteiger partial charge in [0.2, 0.25) is 0 Å². The number of H-pyrrole nitrogens is 1. The number of rotatable bonds is 3. The minimum atomic E-state index is 0.945. The second-order valence-corrected chi connectivity index (χ2v) is 4.02. The fourth-order valence-corrected chi connectivity index (χ4v) is 1.70. The molecule has 0 fully saturated rings. The summed E-state index contributed by atoms with van der Waals surface area (Å²) in [6, 6.07) is 10.4. The lowest BCUT2D eigenvalue weighted by Crippen LogP contribution is -1.92. The smallest absolute Gasteiger partial charge is 0.107 e. The Bertz CT molecular complexity index is 395. The van der Waals surface area contributed by atoms with Crippen molar-refractivity contribution in [3.05, 3.63) is 52.5 Å². The topological polar surface area (TPSA) is 28.7 Å². The Morgan fingerprint density at radius 2 is 1.93 bits per heavy atom. The van der Waals surface area contributed by atoms with Gasteiger partial charge in [0.25, 0.3) is 0 Å². The highest BCUT2D eigenvalue weighted by atomic mass is 79.9. The highest BCUT2D eigenvalue weighted by Gasteiger charge is 1.98. The monoisotopic (exact) mass is 250 g/mol. The largest absolute Gasteiger partial charge is 0.337 e. The molecule has 72 valence electrons. The highest BCUT2D eigenvalue weighted by Crippen LogP contribution is 2.08. The minimum Gasteiger partial charge on any atom is -0.337 e. The van der Waals surface area contributed by atoms with E-state index in [-0.39, 0.29) is 0 Å². The lowest BCUT2D eigenvalue weighted by molar-refractivity contribution is 0.882. The van der Waals surface area contributed by atoms with Crippen LogP contribution in [0.25, 0.3) is 0 Å². The number of aromatic amines is 1. The van der Waals surface area contributed by atoms with Gasteiger partial charge in [-0.05, 0) is 27.9 Å². The molecule has 1 aromatic heterocycles. The van der Waals surface area contributed by atoms with Crippen LogP contribution in [0.1, 0.15) is 11.4 Å². The maximum atomic E-state index is 4.23. The molecular formula is C11H11BrN2. The molecule has 2 nitrogen and oxygen atoms in total. The predicted octanol–water partition coefficient (Wildman–Crippen LogP) is 2.96. The fraction of sp³-hybridized carbons (Fsp3) is 0.182. The summed E-state index contributed by atoms with van der Waals surface area (Å²) in [5.74, 6) is 1.03. The molecule has 0 aliphatic heterocycles. The summed E-state index contributed by atoms with van der Waals surface area (Å²) in [7, 11) is 0. The van der Waals surface area contributed by atoms with Crippen LogP contribution in [0.15, 0.2) is 41.1 Å². The average Bonchev–Trinajstić information content (AvgIpc) is 2.63. The van der Waals surface area contributed by atoms with E-state index in [0.29, 0.717) is 0 Å². The number of hydrogen-bond acceptors (Lipinski definition) is 1. The quantitative estimate of drug-likeness (QED) is 0.892. The molecule has 0 aliphatic rings. The molecule has 0 atom stereocenters. The first-order valence-electron chi connectivity index (χ1n) is 4.58. The summed E-state index contributed by atoms with van der Waals surface area (Å²) < 4.78 is 0.945. The summed E-state index contributed by atoms with van der Waals surface area (Å²) in [5.41, 5.74) is 1.35. The van der Waals surface area contributed by atoms with Gasteiger partial charge in [0, 0.05) is 6.42 Å². The van der Waals surface area contributed by atoms with Crippen LogP contribution in [0.5, 0.6) is 0 Å². The molecule has 0 bridgehead atoms. The van der Waals surface area contributed by atoms with E-state index >= 15 is 0 Å². The third kappa shape index (κ3) is 2.45. The highest BCUT2D eigenvalue weighted by molar-refractivity contribution is 9.10. The molecule has 2 rings (SSSR count). The van der Waals surface area contributed by atoms with Crippen molar-refractivity contribution in [3.8, 4) is 0 Å². The first kappa shape index (κ1) is 9.46. The molecule has 0 unspecified atom stereocenters. The third-order valence-corrected chi connectivity index (χ3v) is 2.49. The first-order valence-corrected chi connectivity index (χ1v) is 5.37. The van der Waals surface area contributed by atoms with E-state index in [9.17, 15) is 0 Å². The maximum Gasteiger partial charge on any atom is 0.107 e. The molecule has 0 saturated heterocycles. The number of nitrogens with one attached hydrogen (secondary N) is 1. The molecule has 0 aliphatic carbocycles. The number of benzene rings is 1. The lowest BCUT2D eigenvalue weighted by Gasteiger charge is -1.97. The molecule has 14 heavy (non-hydrogen) atoms. The van der Waals surface area contributed by atoms with Crippen molar-refractivity contribution in [1.82, 2.24) is 9.97 Å². The normalized spacial score (nSPS) is 10.4. The van der Waals surface area contributed by atoms with Gasteiger partial charge >= 0.3 is 0 Å². The second-order valence-electron chi connectivity index (χ2n) is 3.16. The Kier molecular flexibility index (Phi) is 2.99. The number of imidazole rings is 1. The van der Waals surface area contributed by atoms with E-state index in [1.54, 1.807) is 6.20 Å². The zero-order valence-electron chi connectivity index (χ0n) is 7.70. The van der Waals surface area contributed by atoms with Gasteiger partial charge < -0.3 is 4.98 Å². The van der Waals surface area contributed by atoms with E-state index in [0.717, 1.165) is 23.3 Å². The summed E-state index contributed by atoms with van der Waals surface area (Å²) in [5, 5.41) is 0. The van der Waals surface area contributed by atoms with Crippen molar-refractivity contribution in [2.45, 2.75) is 12.8 Å². The Hall–Kier alpha value is -1.09. The molecule has 3 heteroatoms. The van der Waals surface area contributed by atoms with Crippen LogP contribution in [0.3, 0.4) is 0 Å². The molecule has 0 radical (unpaired) electrons. The zero-order valence-corrected chi connectivity index (χ0v) is 9.29. The van der Waals surface area contributed by atoms with Crippen molar-refractivity contribution in [2.24, 2.45) is 0 Å². The van der Waals surface area contributed by atoms with Crippen molar-refractivity contribution < 1.29 is 0 Å². The van der Waals surface area contributed by atoms with Gasteiger partial charge in [0.15, 0.2) is 0 Å². The zero-order chi connectivity index (χ0) is 9.80. The van der Waals surface area contributed by atoms with E-state index < -0.39 is 0 Å². The van der Waals surface area contributed by atoms with Gasteiger partial charge in [-0.1, -0.05) is 30.3 Å². The van der Waals surface area contributed by atoms with E-state index in [2.05, 4.69) is 50.2 Å². The van der Waals surface area contributed by atoms with Gasteiger partial charge in [0.05, 0.1) is 6.20 Å². The van der Waals surface area contributed by atoms with Crippen LogP contribution in [0.4, 0.5) is 0 Å². The van der Waals surface area contributed by atoms with Gasteiger partial charge in [0.1, 0.15) is 10.4 Å². The maximum absolute atomic E-state index is 4.23. The second kappa shape index (κ2) is 4.42. The number of aromatic nitrogens is 2. The van der Waals surface area contributed by atoms with Crippen LogP contribution in [0, 0.1) is 0 Å². The van der Waals surface area contributed by atoms with Gasteiger partial charge in [-0.25, -0.2) is 4.98 Å². The van der Waals surface area contributed by atoms with E-state index in [4.69, 9.17) is 0 Å². The summed E-state index contributed by atoms with van der Waals surface area (Å²) in [4.78, 5) is 7.38. The molecule has 2 aromatic rings. The van der Waals surface area contributed by atoms with Crippen molar-refractivity contribution in [3.63, 3.8) is 0 Å². The van der Waals surface area contributed by atoms with E-state index in [1.165, 1.54) is 5.56 Å². The SMILES string of the molecule is Brc1cnc(CCc2ccccc2)[nH]1. The van der Waals surface area contributed by atoms with Crippen LogP contribution < -0.4 is 0 Å². The van der Waals surface area contributed by atoms with Crippen LogP contribution in [-0.2, 0) is 12.8 Å². The number of nitrogens with zero attached hydrogens (tertiary/aromatic N) is 1. The van der Waals surface area contributed by atoms with Crippen molar-refractivity contribution >= 4 is 15.9 Å². The van der Waals surface area contributed by atoms with Crippen LogP contribution in [0.2, 0.25) is 0 Å². The Labute approximate surface area is 91.5 Å². The van der Waals surface area contributed by atoms with Crippen LogP contribution >= 0.6 is 15.9 Å². The third-order valence-electron chi connectivity index (χ3n) is 2.09. The van der Waals surface area contributed by atoms with Gasteiger partial charge in [-0.15, -0.1) is 0 Å². The number of halogens is 1. The predicted molar refractivity (Wildman–Crippen MR) is 60.1 cm³/mol. The van der Waals surface area contributed by atoms with Crippen molar-refractivity contribution in [2.75, 3.05) is 0 Å². The molecule has 1 heterocycles. The molecule has 0 amide bonds. The lowest BCUT2D eigenvalue weighted by atomic mass is 10.1. The van der Waals surface area contributed by atoms with Crippen LogP contribution in [-0.4, -0.2) is 9.97 Å². The molecular weight excluding hydrogens is 240 g/mol. The number of hydrogen-bond donors (Lipinski definition) is 1. The minimum absolute atomic E-state index is 0.945. The van der Waals surface area contributed by atoms with Gasteiger partial charge in [-0.3, -0.25) is 0 Å². The Balaban J connectivity index is 1.95. The van der Waals surface area contributed by atoms with Gasteiger partial charge in [-0.2, -0.15) is 0 Å². The molecule has 1 aromatic carbocycles. The summed E-state index contributed by atoms with van der Waals surface area (Å²) in [6.07, 6.45) is 3.77. The number of aryl methyl sites for hydroxylation is 2. The van der Waals surface area contributed by atoms with E-state index in [1.807, 2.05) is 6.07 Å². The summed E-state index contributed by atoms with van der Waals surface area (Å²) >= 11 is 3.34. The Morgan fingerprint density at radius 3 is 2.57 bits per heavy atom. The Morgan fingerprint density at radius 1 is 1.14 bits per heavy atom.